The average Bonchev–Trinajstić information content (AvgIpc) is 2.53. The Kier molecular flexibility index (Phi) is 4.95. The SMILES string of the molecule is O=C(O)c1cccc(CCS(=O)(=O)c2ccc(CO)cc2)c1. The summed E-state index contributed by atoms with van der Waals surface area (Å²) in [5.74, 6) is -1.14. The number of carboxylic acids is 1. The van der Waals surface area contributed by atoms with Crippen LogP contribution in [0.25, 0.3) is 0 Å². The molecular weight excluding hydrogens is 304 g/mol. The predicted octanol–water partition coefficient (Wildman–Crippen LogP) is 1.89. The highest BCUT2D eigenvalue weighted by Crippen LogP contribution is 2.15. The van der Waals surface area contributed by atoms with E-state index in [0.717, 1.165) is 0 Å². The van der Waals surface area contributed by atoms with Gasteiger partial charge in [0.25, 0.3) is 0 Å². The second-order valence-corrected chi connectivity index (χ2v) is 6.99. The van der Waals surface area contributed by atoms with Gasteiger partial charge in [0.15, 0.2) is 9.84 Å². The minimum absolute atomic E-state index is 0.103. The first-order valence-electron chi connectivity index (χ1n) is 6.67. The van der Waals surface area contributed by atoms with E-state index < -0.39 is 15.8 Å². The number of hydrogen-bond acceptors (Lipinski definition) is 4. The molecule has 116 valence electrons. The van der Waals surface area contributed by atoms with Crippen molar-refractivity contribution in [1.29, 1.82) is 0 Å². The molecule has 0 aliphatic rings. The molecule has 0 saturated heterocycles. The third-order valence-corrected chi connectivity index (χ3v) is 5.03. The first-order valence-corrected chi connectivity index (χ1v) is 8.32. The van der Waals surface area contributed by atoms with E-state index in [4.69, 9.17) is 10.2 Å². The van der Waals surface area contributed by atoms with E-state index in [1.165, 1.54) is 24.3 Å². The number of aromatic carboxylic acids is 1. The van der Waals surface area contributed by atoms with Gasteiger partial charge in [-0.3, -0.25) is 0 Å². The quantitative estimate of drug-likeness (QED) is 0.848. The molecule has 0 aliphatic carbocycles. The van der Waals surface area contributed by atoms with Gasteiger partial charge in [0.2, 0.25) is 0 Å². The lowest BCUT2D eigenvalue weighted by Crippen LogP contribution is -2.10. The molecule has 0 atom stereocenters. The van der Waals surface area contributed by atoms with Crippen molar-refractivity contribution in [3.05, 3.63) is 65.2 Å². The summed E-state index contributed by atoms with van der Waals surface area (Å²) in [5.41, 5.74) is 1.45. The first-order chi connectivity index (χ1) is 10.4. The lowest BCUT2D eigenvalue weighted by atomic mass is 10.1. The van der Waals surface area contributed by atoms with Crippen molar-refractivity contribution in [2.75, 3.05) is 5.75 Å². The molecule has 2 N–H and O–H groups in total. The molecule has 6 heteroatoms. The van der Waals surface area contributed by atoms with Crippen molar-refractivity contribution in [2.45, 2.75) is 17.9 Å². The van der Waals surface area contributed by atoms with Crippen LogP contribution in [0, 0.1) is 0 Å². The molecule has 0 spiro atoms. The highest BCUT2D eigenvalue weighted by molar-refractivity contribution is 7.91. The van der Waals surface area contributed by atoms with Crippen molar-refractivity contribution in [2.24, 2.45) is 0 Å². The summed E-state index contributed by atoms with van der Waals surface area (Å²) < 4.78 is 24.5. The zero-order valence-corrected chi connectivity index (χ0v) is 12.6. The molecule has 0 aliphatic heterocycles. The molecule has 0 fully saturated rings. The van der Waals surface area contributed by atoms with Crippen LogP contribution in [-0.4, -0.2) is 30.4 Å². The van der Waals surface area contributed by atoms with Gasteiger partial charge >= 0.3 is 5.97 Å². The van der Waals surface area contributed by atoms with Crippen molar-refractivity contribution in [3.8, 4) is 0 Å². The zero-order valence-electron chi connectivity index (χ0n) is 11.8. The summed E-state index contributed by atoms with van der Waals surface area (Å²) in [6, 6.07) is 12.3. The van der Waals surface area contributed by atoms with E-state index in [1.54, 1.807) is 24.3 Å². The summed E-state index contributed by atoms with van der Waals surface area (Å²) in [5, 5.41) is 17.9. The summed E-state index contributed by atoms with van der Waals surface area (Å²) in [6.45, 7) is -0.137. The van der Waals surface area contributed by atoms with Gasteiger partial charge in [-0.25, -0.2) is 13.2 Å². The Labute approximate surface area is 128 Å². The summed E-state index contributed by atoms with van der Waals surface area (Å²) >= 11 is 0. The predicted molar refractivity (Wildman–Crippen MR) is 81.5 cm³/mol. The largest absolute Gasteiger partial charge is 0.478 e. The average molecular weight is 320 g/mol. The summed E-state index contributed by atoms with van der Waals surface area (Å²) in [6.07, 6.45) is 0.241. The second-order valence-electron chi connectivity index (χ2n) is 4.88. The van der Waals surface area contributed by atoms with Crippen LogP contribution in [-0.2, 0) is 22.9 Å². The Morgan fingerprint density at radius 3 is 2.27 bits per heavy atom. The molecule has 0 aromatic heterocycles. The van der Waals surface area contributed by atoms with Crippen LogP contribution < -0.4 is 0 Å². The fraction of sp³-hybridized carbons (Fsp3) is 0.188. The third kappa shape index (κ3) is 3.93. The van der Waals surface area contributed by atoms with Crippen LogP contribution in [0.1, 0.15) is 21.5 Å². The minimum Gasteiger partial charge on any atom is -0.478 e. The number of carboxylic acid groups (broad SMARTS) is 1. The molecule has 5 nitrogen and oxygen atoms in total. The van der Waals surface area contributed by atoms with Gasteiger partial charge in [0, 0.05) is 0 Å². The Morgan fingerprint density at radius 1 is 1.00 bits per heavy atom. The van der Waals surface area contributed by atoms with Crippen molar-refractivity contribution in [1.82, 2.24) is 0 Å². The van der Waals surface area contributed by atoms with Gasteiger partial charge in [-0.15, -0.1) is 0 Å². The maximum Gasteiger partial charge on any atom is 0.335 e. The van der Waals surface area contributed by atoms with E-state index in [2.05, 4.69) is 0 Å². The molecule has 2 aromatic carbocycles. The zero-order chi connectivity index (χ0) is 16.2. The number of aryl methyl sites for hydroxylation is 1. The van der Waals surface area contributed by atoms with Crippen LogP contribution in [0.3, 0.4) is 0 Å². The van der Waals surface area contributed by atoms with Gasteiger partial charge in [0.1, 0.15) is 0 Å². The Hall–Kier alpha value is -2.18. The third-order valence-electron chi connectivity index (χ3n) is 3.30. The molecule has 22 heavy (non-hydrogen) atoms. The van der Waals surface area contributed by atoms with Crippen molar-refractivity contribution in [3.63, 3.8) is 0 Å². The molecule has 2 aromatic rings. The van der Waals surface area contributed by atoms with E-state index in [9.17, 15) is 13.2 Å². The van der Waals surface area contributed by atoms with Crippen LogP contribution >= 0.6 is 0 Å². The maximum atomic E-state index is 12.2. The lowest BCUT2D eigenvalue weighted by Gasteiger charge is -2.06. The first kappa shape index (κ1) is 16.2. The molecule has 0 heterocycles. The Balaban J connectivity index is 2.12. The lowest BCUT2D eigenvalue weighted by molar-refractivity contribution is 0.0696. The van der Waals surface area contributed by atoms with Crippen molar-refractivity contribution < 1.29 is 23.4 Å². The van der Waals surface area contributed by atoms with Gasteiger partial charge < -0.3 is 10.2 Å². The molecular formula is C16H16O5S. The van der Waals surface area contributed by atoms with E-state index in [1.807, 2.05) is 0 Å². The number of aliphatic hydroxyl groups excluding tert-OH is 1. The Morgan fingerprint density at radius 2 is 1.68 bits per heavy atom. The van der Waals surface area contributed by atoms with E-state index in [0.29, 0.717) is 11.1 Å². The summed E-state index contributed by atoms with van der Waals surface area (Å²) in [7, 11) is -3.45. The molecule has 0 bridgehead atoms. The van der Waals surface area contributed by atoms with E-state index >= 15 is 0 Å². The van der Waals surface area contributed by atoms with Crippen molar-refractivity contribution >= 4 is 15.8 Å². The van der Waals surface area contributed by atoms with Gasteiger partial charge in [-0.05, 0) is 41.8 Å². The topological polar surface area (TPSA) is 91.7 Å². The van der Waals surface area contributed by atoms with Gasteiger partial charge in [-0.2, -0.15) is 0 Å². The molecule has 0 amide bonds. The number of hydrogen-bond donors (Lipinski definition) is 2. The maximum absolute atomic E-state index is 12.2. The summed E-state index contributed by atoms with van der Waals surface area (Å²) in [4.78, 5) is 11.1. The number of sulfone groups is 1. The second kappa shape index (κ2) is 6.72. The molecule has 0 unspecified atom stereocenters. The van der Waals surface area contributed by atoms with E-state index in [-0.39, 0.29) is 29.2 Å². The number of carbonyl (C=O) groups is 1. The molecule has 0 saturated carbocycles. The van der Waals surface area contributed by atoms with Crippen LogP contribution in [0.2, 0.25) is 0 Å². The fourth-order valence-electron chi connectivity index (χ4n) is 2.03. The van der Waals surface area contributed by atoms with Crippen LogP contribution in [0.4, 0.5) is 0 Å². The highest BCUT2D eigenvalue weighted by Gasteiger charge is 2.14. The normalized spacial score (nSPS) is 11.3. The minimum atomic E-state index is -3.45. The van der Waals surface area contributed by atoms with Crippen LogP contribution in [0.15, 0.2) is 53.4 Å². The smallest absolute Gasteiger partial charge is 0.335 e. The molecule has 0 radical (unpaired) electrons. The highest BCUT2D eigenvalue weighted by atomic mass is 32.2. The van der Waals surface area contributed by atoms with Gasteiger partial charge in [-0.1, -0.05) is 24.3 Å². The molecule has 2 rings (SSSR count). The van der Waals surface area contributed by atoms with Gasteiger partial charge in [0.05, 0.1) is 22.8 Å². The number of benzene rings is 2. The Bertz CT molecular complexity index is 763. The number of rotatable bonds is 6. The van der Waals surface area contributed by atoms with Crippen LogP contribution in [0.5, 0.6) is 0 Å². The monoisotopic (exact) mass is 320 g/mol. The fourth-order valence-corrected chi connectivity index (χ4v) is 3.32. The number of aliphatic hydroxyl groups is 1. The standard InChI is InChI=1S/C16H16O5S/c17-11-13-4-6-15(7-5-13)22(20,21)9-8-12-2-1-3-14(10-12)16(18)19/h1-7,10,17H,8-9,11H2,(H,18,19).